The van der Waals surface area contributed by atoms with Crippen molar-refractivity contribution in [2.75, 3.05) is 25.7 Å². The van der Waals surface area contributed by atoms with Crippen LogP contribution in [0.2, 0.25) is 0 Å². The fourth-order valence-corrected chi connectivity index (χ4v) is 2.89. The molecule has 0 aromatic heterocycles. The Bertz CT molecular complexity index is 788. The molecule has 0 saturated heterocycles. The van der Waals surface area contributed by atoms with E-state index in [0.29, 0.717) is 19.0 Å². The van der Waals surface area contributed by atoms with Crippen molar-refractivity contribution in [3.8, 4) is 5.75 Å². The van der Waals surface area contributed by atoms with Gasteiger partial charge in [0.1, 0.15) is 5.75 Å². The van der Waals surface area contributed by atoms with Gasteiger partial charge >= 0.3 is 0 Å². The minimum absolute atomic E-state index is 0. The second-order valence-corrected chi connectivity index (χ2v) is 7.05. The van der Waals surface area contributed by atoms with Gasteiger partial charge in [0.2, 0.25) is 0 Å². The second kappa shape index (κ2) is 14.0. The zero-order valence-electron chi connectivity index (χ0n) is 16.6. The summed E-state index contributed by atoms with van der Waals surface area (Å²) < 4.78 is 5.26. The summed E-state index contributed by atoms with van der Waals surface area (Å²) in [6.07, 6.45) is 3.13. The fourth-order valence-electron chi connectivity index (χ4n) is 2.46. The number of aliphatic imine (C=N–C) groups is 1. The molecular weight excluding hydrogens is 503 g/mol. The van der Waals surface area contributed by atoms with E-state index in [2.05, 4.69) is 21.9 Å². The molecule has 0 aliphatic heterocycles. The number of nitrogens with zero attached hydrogens (tertiary/aromatic N) is 2. The molecule has 29 heavy (non-hydrogen) atoms. The normalized spacial score (nSPS) is 10.8. The molecule has 2 rings (SSSR count). The highest BCUT2D eigenvalue weighted by atomic mass is 127. The van der Waals surface area contributed by atoms with Crippen LogP contribution in [0.15, 0.2) is 53.5 Å². The predicted molar refractivity (Wildman–Crippen MR) is 130 cm³/mol. The molecule has 2 aromatic carbocycles. The Morgan fingerprint density at radius 2 is 1.93 bits per heavy atom. The molecule has 0 spiro atoms. The molecule has 0 unspecified atom stereocenters. The first-order valence-corrected chi connectivity index (χ1v) is 10.4. The zero-order chi connectivity index (χ0) is 20.2. The van der Waals surface area contributed by atoms with E-state index in [1.807, 2.05) is 36.0 Å². The fraction of sp³-hybridized carbons (Fsp3) is 0.350. The number of hydrogen-bond donors (Lipinski definition) is 2. The van der Waals surface area contributed by atoms with Crippen LogP contribution in [0, 0.1) is 10.1 Å². The molecule has 0 saturated carbocycles. The topological polar surface area (TPSA) is 88.8 Å². The summed E-state index contributed by atoms with van der Waals surface area (Å²) in [6, 6.07) is 14.3. The van der Waals surface area contributed by atoms with Crippen molar-refractivity contribution < 1.29 is 9.66 Å². The molecule has 0 fully saturated rings. The SMILES string of the molecule is COc1cccc(CN=C(NCCCSC)NCc2ccc([N+](=O)[O-])cc2)c1.I. The number of benzene rings is 2. The van der Waals surface area contributed by atoms with Crippen molar-refractivity contribution in [2.45, 2.75) is 19.5 Å². The Kier molecular flexibility index (Phi) is 12.1. The van der Waals surface area contributed by atoms with Crippen LogP contribution in [0.3, 0.4) is 0 Å². The van der Waals surface area contributed by atoms with Crippen molar-refractivity contribution >= 4 is 47.4 Å². The summed E-state index contributed by atoms with van der Waals surface area (Å²) in [5, 5.41) is 17.4. The molecule has 2 aromatic rings. The molecule has 7 nitrogen and oxygen atoms in total. The lowest BCUT2D eigenvalue weighted by atomic mass is 10.2. The second-order valence-electron chi connectivity index (χ2n) is 6.07. The van der Waals surface area contributed by atoms with Gasteiger partial charge < -0.3 is 15.4 Å². The lowest BCUT2D eigenvalue weighted by Gasteiger charge is -2.13. The summed E-state index contributed by atoms with van der Waals surface area (Å²) in [7, 11) is 1.65. The molecule has 0 bridgehead atoms. The summed E-state index contributed by atoms with van der Waals surface area (Å²) in [5.41, 5.74) is 2.09. The first kappa shape index (κ1) is 25.0. The van der Waals surface area contributed by atoms with Crippen LogP contribution in [0.1, 0.15) is 17.5 Å². The summed E-state index contributed by atoms with van der Waals surface area (Å²) in [4.78, 5) is 15.0. The molecule has 158 valence electrons. The van der Waals surface area contributed by atoms with Crippen molar-refractivity contribution in [2.24, 2.45) is 4.99 Å². The van der Waals surface area contributed by atoms with Gasteiger partial charge in [0.05, 0.1) is 18.6 Å². The number of nitrogens with one attached hydrogen (secondary N) is 2. The van der Waals surface area contributed by atoms with E-state index < -0.39 is 4.92 Å². The van der Waals surface area contributed by atoms with E-state index >= 15 is 0 Å². The number of non-ortho nitro benzene ring substituents is 1. The van der Waals surface area contributed by atoms with Gasteiger partial charge in [-0.15, -0.1) is 24.0 Å². The van der Waals surface area contributed by atoms with Gasteiger partial charge in [0, 0.05) is 25.2 Å². The minimum atomic E-state index is -0.397. The van der Waals surface area contributed by atoms with Crippen LogP contribution in [0.4, 0.5) is 5.69 Å². The van der Waals surface area contributed by atoms with E-state index in [1.54, 1.807) is 19.2 Å². The summed E-state index contributed by atoms with van der Waals surface area (Å²) in [6.45, 7) is 1.88. The van der Waals surface area contributed by atoms with E-state index in [0.717, 1.165) is 35.6 Å². The molecule has 0 heterocycles. The van der Waals surface area contributed by atoms with E-state index in [1.165, 1.54) is 12.1 Å². The lowest BCUT2D eigenvalue weighted by molar-refractivity contribution is -0.384. The molecule has 0 atom stereocenters. The van der Waals surface area contributed by atoms with Crippen LogP contribution in [-0.2, 0) is 13.1 Å². The van der Waals surface area contributed by atoms with E-state index in [-0.39, 0.29) is 29.7 Å². The molecule has 0 aliphatic carbocycles. The maximum atomic E-state index is 10.8. The number of guanidine groups is 1. The number of halogens is 1. The third-order valence-corrected chi connectivity index (χ3v) is 4.68. The van der Waals surface area contributed by atoms with Crippen LogP contribution in [0.25, 0.3) is 0 Å². The highest BCUT2D eigenvalue weighted by molar-refractivity contribution is 14.0. The molecule has 0 amide bonds. The van der Waals surface area contributed by atoms with Crippen molar-refractivity contribution in [1.82, 2.24) is 10.6 Å². The molecule has 2 N–H and O–H groups in total. The zero-order valence-corrected chi connectivity index (χ0v) is 19.7. The van der Waals surface area contributed by atoms with Gasteiger partial charge in [-0.3, -0.25) is 10.1 Å². The maximum Gasteiger partial charge on any atom is 0.269 e. The lowest BCUT2D eigenvalue weighted by Crippen LogP contribution is -2.37. The quantitative estimate of drug-likeness (QED) is 0.120. The van der Waals surface area contributed by atoms with E-state index in [4.69, 9.17) is 4.74 Å². The van der Waals surface area contributed by atoms with Crippen LogP contribution >= 0.6 is 35.7 Å². The molecular formula is C20H27IN4O3S. The third-order valence-electron chi connectivity index (χ3n) is 3.98. The number of nitro benzene ring substituents is 1. The van der Waals surface area contributed by atoms with Crippen molar-refractivity contribution in [3.05, 3.63) is 69.8 Å². The van der Waals surface area contributed by atoms with Crippen LogP contribution < -0.4 is 15.4 Å². The first-order valence-electron chi connectivity index (χ1n) is 8.99. The van der Waals surface area contributed by atoms with Gasteiger partial charge in [-0.05, 0) is 41.7 Å². The first-order chi connectivity index (χ1) is 13.6. The Hall–Kier alpha value is -2.01. The molecule has 9 heteroatoms. The molecule has 0 aliphatic rings. The van der Waals surface area contributed by atoms with Crippen LogP contribution in [0.5, 0.6) is 5.75 Å². The van der Waals surface area contributed by atoms with Crippen molar-refractivity contribution in [3.63, 3.8) is 0 Å². The highest BCUT2D eigenvalue weighted by Crippen LogP contribution is 2.13. The number of rotatable bonds is 10. The highest BCUT2D eigenvalue weighted by Gasteiger charge is 2.05. The standard InChI is InChI=1S/C20H26N4O3S.HI/c1-27-19-6-3-5-17(13-19)15-23-20(21-11-4-12-28-2)22-14-16-7-9-18(10-8-16)24(25)26;/h3,5-10,13H,4,11-12,14-15H2,1-2H3,(H2,21,22,23);1H. The maximum absolute atomic E-state index is 10.8. The number of methoxy groups -OCH3 is 1. The Morgan fingerprint density at radius 3 is 2.59 bits per heavy atom. The molecule has 0 radical (unpaired) electrons. The van der Waals surface area contributed by atoms with Gasteiger partial charge in [0.15, 0.2) is 5.96 Å². The number of hydrogen-bond acceptors (Lipinski definition) is 5. The average Bonchev–Trinajstić information content (AvgIpc) is 2.73. The number of thioether (sulfide) groups is 1. The Labute approximate surface area is 192 Å². The van der Waals surface area contributed by atoms with Gasteiger partial charge in [-0.25, -0.2) is 4.99 Å². The predicted octanol–water partition coefficient (Wildman–Crippen LogP) is 4.21. The van der Waals surface area contributed by atoms with Gasteiger partial charge in [-0.1, -0.05) is 24.3 Å². The third kappa shape index (κ3) is 9.35. The van der Waals surface area contributed by atoms with Gasteiger partial charge in [0.25, 0.3) is 5.69 Å². The monoisotopic (exact) mass is 530 g/mol. The van der Waals surface area contributed by atoms with Crippen LogP contribution in [-0.4, -0.2) is 36.5 Å². The Morgan fingerprint density at radius 1 is 1.17 bits per heavy atom. The smallest absolute Gasteiger partial charge is 0.269 e. The summed E-state index contributed by atoms with van der Waals surface area (Å²) in [5.74, 6) is 2.60. The average molecular weight is 530 g/mol. The van der Waals surface area contributed by atoms with E-state index in [9.17, 15) is 10.1 Å². The number of nitro groups is 1. The largest absolute Gasteiger partial charge is 0.497 e. The van der Waals surface area contributed by atoms with Gasteiger partial charge in [-0.2, -0.15) is 11.8 Å². The Balaban J connectivity index is 0.00000420. The summed E-state index contributed by atoms with van der Waals surface area (Å²) >= 11 is 1.81. The van der Waals surface area contributed by atoms with Crippen molar-refractivity contribution in [1.29, 1.82) is 0 Å². The minimum Gasteiger partial charge on any atom is -0.497 e. The number of ether oxygens (including phenoxy) is 1.